The summed E-state index contributed by atoms with van der Waals surface area (Å²) < 4.78 is 0. The fourth-order valence-corrected chi connectivity index (χ4v) is 2.09. The van der Waals surface area contributed by atoms with Crippen molar-refractivity contribution < 1.29 is 4.79 Å². The van der Waals surface area contributed by atoms with E-state index >= 15 is 0 Å². The van der Waals surface area contributed by atoms with Gasteiger partial charge in [0.05, 0.1) is 0 Å². The maximum absolute atomic E-state index is 11.7. The van der Waals surface area contributed by atoms with Gasteiger partial charge < -0.3 is 0 Å². The van der Waals surface area contributed by atoms with Gasteiger partial charge in [0.15, 0.2) is 5.78 Å². The Balaban J connectivity index is 2.53. The summed E-state index contributed by atoms with van der Waals surface area (Å²) in [5.41, 5.74) is 1.32. The Morgan fingerprint density at radius 3 is 2.62 bits per heavy atom. The molecule has 0 atom stereocenters. The van der Waals surface area contributed by atoms with E-state index in [0.717, 1.165) is 25.7 Å². The number of unbranched alkanes of at least 4 members (excludes halogenated alkanes) is 1. The summed E-state index contributed by atoms with van der Waals surface area (Å²) in [4.78, 5) is 11.7. The second kappa shape index (κ2) is 4.80. The Bertz CT molecular complexity index is 204. The molecule has 13 heavy (non-hydrogen) atoms. The normalized spacial score (nSPS) is 20.2. The zero-order chi connectivity index (χ0) is 9.73. The Morgan fingerprint density at radius 1 is 1.54 bits per heavy atom. The van der Waals surface area contributed by atoms with Gasteiger partial charge in [-0.25, -0.2) is 0 Å². The summed E-state index contributed by atoms with van der Waals surface area (Å²) in [7, 11) is 0. The number of allylic oxidation sites excluding steroid dienone is 1. The van der Waals surface area contributed by atoms with E-state index in [2.05, 4.69) is 6.92 Å². The number of hydrogen-bond acceptors (Lipinski definition) is 1. The highest BCUT2D eigenvalue weighted by Gasteiger charge is 2.41. The van der Waals surface area contributed by atoms with Crippen LogP contribution in [-0.4, -0.2) is 5.78 Å². The smallest absolute Gasteiger partial charge is 0.162 e. The van der Waals surface area contributed by atoms with Crippen molar-refractivity contribution in [3.63, 3.8) is 0 Å². The topological polar surface area (TPSA) is 17.1 Å². The molecule has 1 rings (SSSR count). The molecule has 1 aliphatic carbocycles. The lowest BCUT2D eigenvalue weighted by atomic mass is 9.63. The van der Waals surface area contributed by atoms with Crippen molar-refractivity contribution in [1.29, 1.82) is 0 Å². The Labute approximate surface area is 85.2 Å². The summed E-state index contributed by atoms with van der Waals surface area (Å²) in [6, 6.07) is 0. The predicted octanol–water partition coefficient (Wildman–Crippen LogP) is 3.67. The van der Waals surface area contributed by atoms with Gasteiger partial charge in [0.1, 0.15) is 0 Å². The van der Waals surface area contributed by atoms with Crippen LogP contribution in [0.25, 0.3) is 0 Å². The molecule has 0 bridgehead atoms. The number of ketones is 1. The van der Waals surface area contributed by atoms with Gasteiger partial charge in [-0.1, -0.05) is 37.8 Å². The fraction of sp³-hybridized carbons (Fsp3) is 0.727. The third-order valence-electron chi connectivity index (χ3n) is 3.06. The van der Waals surface area contributed by atoms with Crippen molar-refractivity contribution in [2.24, 2.45) is 5.41 Å². The van der Waals surface area contributed by atoms with Crippen LogP contribution >= 0.6 is 11.6 Å². The molecule has 0 aromatic carbocycles. The zero-order valence-corrected chi connectivity index (χ0v) is 8.94. The van der Waals surface area contributed by atoms with Crippen LogP contribution in [0.15, 0.2) is 11.6 Å². The molecule has 1 saturated carbocycles. The minimum Gasteiger partial charge on any atom is -0.294 e. The molecule has 0 radical (unpaired) electrons. The van der Waals surface area contributed by atoms with Gasteiger partial charge >= 0.3 is 0 Å². The van der Waals surface area contributed by atoms with Crippen molar-refractivity contribution in [3.8, 4) is 0 Å². The summed E-state index contributed by atoms with van der Waals surface area (Å²) in [5, 5.41) is 0. The van der Waals surface area contributed by atoms with E-state index in [1.807, 2.05) is 0 Å². The molecule has 0 spiro atoms. The van der Waals surface area contributed by atoms with Gasteiger partial charge in [-0.15, -0.1) is 0 Å². The van der Waals surface area contributed by atoms with Crippen LogP contribution < -0.4 is 0 Å². The monoisotopic (exact) mass is 200 g/mol. The lowest BCUT2D eigenvalue weighted by Crippen LogP contribution is -2.36. The maximum Gasteiger partial charge on any atom is 0.162 e. The fourth-order valence-electron chi connectivity index (χ4n) is 1.97. The van der Waals surface area contributed by atoms with Crippen molar-refractivity contribution in [3.05, 3.63) is 11.6 Å². The van der Waals surface area contributed by atoms with Crippen LogP contribution in [0.2, 0.25) is 0 Å². The van der Waals surface area contributed by atoms with Gasteiger partial charge in [0, 0.05) is 11.0 Å². The SMILES string of the molecule is CCCCC1(C(=O)C=CCl)CCC1. The second-order valence-electron chi connectivity index (χ2n) is 3.89. The Morgan fingerprint density at radius 2 is 2.23 bits per heavy atom. The van der Waals surface area contributed by atoms with Crippen LogP contribution in [-0.2, 0) is 4.79 Å². The average molecular weight is 201 g/mol. The molecular formula is C11H17ClO. The highest BCUT2D eigenvalue weighted by molar-refractivity contribution is 6.27. The number of halogens is 1. The maximum atomic E-state index is 11.7. The van der Waals surface area contributed by atoms with E-state index in [1.54, 1.807) is 0 Å². The molecule has 74 valence electrons. The van der Waals surface area contributed by atoms with Crippen LogP contribution in [0.5, 0.6) is 0 Å². The minimum absolute atomic E-state index is 0.0264. The first-order valence-electron chi connectivity index (χ1n) is 5.06. The second-order valence-corrected chi connectivity index (χ2v) is 4.15. The first kappa shape index (κ1) is 10.8. The molecule has 0 unspecified atom stereocenters. The molecule has 2 heteroatoms. The molecular weight excluding hydrogens is 184 g/mol. The first-order chi connectivity index (χ1) is 6.25. The lowest BCUT2D eigenvalue weighted by molar-refractivity contribution is -0.129. The van der Waals surface area contributed by atoms with Crippen molar-refractivity contribution in [1.82, 2.24) is 0 Å². The highest BCUT2D eigenvalue weighted by atomic mass is 35.5. The molecule has 1 nitrogen and oxygen atoms in total. The van der Waals surface area contributed by atoms with Crippen LogP contribution in [0.3, 0.4) is 0 Å². The van der Waals surface area contributed by atoms with E-state index in [9.17, 15) is 4.79 Å². The highest BCUT2D eigenvalue weighted by Crippen LogP contribution is 2.46. The molecule has 0 saturated heterocycles. The quantitative estimate of drug-likeness (QED) is 0.619. The van der Waals surface area contributed by atoms with Crippen molar-refractivity contribution >= 4 is 17.4 Å². The van der Waals surface area contributed by atoms with Gasteiger partial charge in [0.2, 0.25) is 0 Å². The lowest BCUT2D eigenvalue weighted by Gasteiger charge is -2.39. The Hall–Kier alpha value is -0.300. The number of hydrogen-bond donors (Lipinski definition) is 0. The number of carbonyl (C=O) groups excluding carboxylic acids is 1. The first-order valence-corrected chi connectivity index (χ1v) is 5.50. The molecule has 0 aromatic rings. The molecule has 1 fully saturated rings. The zero-order valence-electron chi connectivity index (χ0n) is 8.18. The van der Waals surface area contributed by atoms with Crippen LogP contribution in [0.4, 0.5) is 0 Å². The molecule has 0 heterocycles. The van der Waals surface area contributed by atoms with Gasteiger partial charge in [0.25, 0.3) is 0 Å². The van der Waals surface area contributed by atoms with Crippen LogP contribution in [0.1, 0.15) is 45.4 Å². The summed E-state index contributed by atoms with van der Waals surface area (Å²) in [5.74, 6) is 0.238. The van der Waals surface area contributed by atoms with Gasteiger partial charge in [-0.3, -0.25) is 4.79 Å². The van der Waals surface area contributed by atoms with Crippen LogP contribution in [0, 0.1) is 5.41 Å². The average Bonchev–Trinajstić information content (AvgIpc) is 2.03. The third kappa shape index (κ3) is 2.34. The van der Waals surface area contributed by atoms with Crippen molar-refractivity contribution in [2.45, 2.75) is 45.4 Å². The number of rotatable bonds is 5. The van der Waals surface area contributed by atoms with Crippen molar-refractivity contribution in [2.75, 3.05) is 0 Å². The summed E-state index contributed by atoms with van der Waals surface area (Å²) in [6.07, 6.45) is 8.22. The predicted molar refractivity (Wildman–Crippen MR) is 55.8 cm³/mol. The summed E-state index contributed by atoms with van der Waals surface area (Å²) in [6.45, 7) is 2.16. The largest absolute Gasteiger partial charge is 0.294 e. The standard InChI is InChI=1S/C11H17ClO/c1-2-3-6-11(7-4-8-11)10(13)5-9-12/h5,9H,2-4,6-8H2,1H3. The van der Waals surface area contributed by atoms with E-state index < -0.39 is 0 Å². The van der Waals surface area contributed by atoms with E-state index in [1.165, 1.54) is 24.5 Å². The Kier molecular flexibility index (Phi) is 3.98. The minimum atomic E-state index is -0.0264. The van der Waals surface area contributed by atoms with E-state index in [-0.39, 0.29) is 11.2 Å². The molecule has 0 N–H and O–H groups in total. The van der Waals surface area contributed by atoms with Gasteiger partial charge in [-0.2, -0.15) is 0 Å². The number of carbonyl (C=O) groups is 1. The van der Waals surface area contributed by atoms with Gasteiger partial charge in [-0.05, 0) is 25.3 Å². The molecule has 0 aliphatic heterocycles. The van der Waals surface area contributed by atoms with E-state index in [0.29, 0.717) is 0 Å². The third-order valence-corrected chi connectivity index (χ3v) is 3.18. The summed E-state index contributed by atoms with van der Waals surface area (Å²) >= 11 is 5.42. The molecule has 0 amide bonds. The molecule has 0 aromatic heterocycles. The molecule has 1 aliphatic rings. The van der Waals surface area contributed by atoms with E-state index in [4.69, 9.17) is 11.6 Å².